The minimum absolute atomic E-state index is 0.0961. The molecule has 0 aromatic heterocycles. The quantitative estimate of drug-likeness (QED) is 0.791. The van der Waals surface area contributed by atoms with E-state index in [0.29, 0.717) is 18.5 Å². The number of nitrogens with one attached hydrogen (secondary N) is 1. The Morgan fingerprint density at radius 1 is 1.43 bits per heavy atom. The van der Waals surface area contributed by atoms with Gasteiger partial charge in [0.25, 0.3) is 5.91 Å². The van der Waals surface area contributed by atoms with Crippen LogP contribution in [0.15, 0.2) is 23.1 Å². The van der Waals surface area contributed by atoms with Gasteiger partial charge in [0.1, 0.15) is 0 Å². The minimum atomic E-state index is -3.75. The maximum atomic E-state index is 12.9. The number of carbonyl (C=O) groups is 1. The zero-order valence-corrected chi connectivity index (χ0v) is 13.7. The largest absolute Gasteiger partial charge is 0.394 e. The first-order chi connectivity index (χ1) is 10.9. The van der Waals surface area contributed by atoms with Crippen LogP contribution in [0.3, 0.4) is 0 Å². The zero-order chi connectivity index (χ0) is 16.6. The molecule has 3 rings (SSSR count). The number of rotatable bonds is 3. The molecule has 0 bridgehead atoms. The van der Waals surface area contributed by atoms with Gasteiger partial charge in [0, 0.05) is 24.7 Å². The molecule has 0 spiro atoms. The molecule has 2 aliphatic rings. The zero-order valence-electron chi connectivity index (χ0n) is 12.9. The molecule has 2 atom stereocenters. The van der Waals surface area contributed by atoms with Crippen LogP contribution < -0.4 is 5.32 Å². The van der Waals surface area contributed by atoms with Crippen LogP contribution >= 0.6 is 0 Å². The van der Waals surface area contributed by atoms with Crippen molar-refractivity contribution in [1.82, 2.24) is 9.62 Å². The van der Waals surface area contributed by atoms with Crippen LogP contribution in [-0.2, 0) is 21.2 Å². The average molecular weight is 340 g/mol. The van der Waals surface area contributed by atoms with E-state index in [0.717, 1.165) is 5.56 Å². The highest BCUT2D eigenvalue weighted by atomic mass is 32.2. The number of aliphatic hydroxyl groups is 1. The maximum absolute atomic E-state index is 12.9. The second kappa shape index (κ2) is 6.20. The van der Waals surface area contributed by atoms with E-state index >= 15 is 0 Å². The summed E-state index contributed by atoms with van der Waals surface area (Å²) >= 11 is 0. The van der Waals surface area contributed by atoms with Crippen molar-refractivity contribution in [2.24, 2.45) is 0 Å². The van der Waals surface area contributed by atoms with Crippen molar-refractivity contribution < 1.29 is 23.1 Å². The summed E-state index contributed by atoms with van der Waals surface area (Å²) in [5.74, 6) is -0.244. The molecule has 126 valence electrons. The Labute approximate surface area is 135 Å². The van der Waals surface area contributed by atoms with Crippen LogP contribution in [0.5, 0.6) is 0 Å². The number of morpholine rings is 1. The van der Waals surface area contributed by atoms with E-state index in [4.69, 9.17) is 4.74 Å². The van der Waals surface area contributed by atoms with Crippen LogP contribution in [0.4, 0.5) is 0 Å². The summed E-state index contributed by atoms with van der Waals surface area (Å²) in [4.78, 5) is 12.0. The molecule has 1 amide bonds. The van der Waals surface area contributed by atoms with Crippen molar-refractivity contribution >= 4 is 15.9 Å². The summed E-state index contributed by atoms with van der Waals surface area (Å²) in [6.45, 7) is 2.43. The number of aliphatic hydroxyl groups excluding tert-OH is 1. The van der Waals surface area contributed by atoms with Gasteiger partial charge in [-0.25, -0.2) is 8.42 Å². The first-order valence-electron chi connectivity index (χ1n) is 7.59. The van der Waals surface area contributed by atoms with E-state index in [2.05, 4.69) is 5.32 Å². The fourth-order valence-electron chi connectivity index (χ4n) is 2.92. The summed E-state index contributed by atoms with van der Waals surface area (Å²) in [5.41, 5.74) is 1.27. The highest BCUT2D eigenvalue weighted by Crippen LogP contribution is 2.25. The van der Waals surface area contributed by atoms with Gasteiger partial charge in [-0.3, -0.25) is 4.79 Å². The van der Waals surface area contributed by atoms with E-state index < -0.39 is 16.1 Å². The van der Waals surface area contributed by atoms with Crippen molar-refractivity contribution in [3.63, 3.8) is 0 Å². The Morgan fingerprint density at radius 2 is 2.22 bits per heavy atom. The van der Waals surface area contributed by atoms with E-state index in [1.807, 2.05) is 0 Å². The highest BCUT2D eigenvalue weighted by Gasteiger charge is 2.36. The van der Waals surface area contributed by atoms with Crippen LogP contribution in [0.25, 0.3) is 0 Å². The number of carbonyl (C=O) groups excluding carboxylic acids is 1. The Morgan fingerprint density at radius 3 is 2.96 bits per heavy atom. The van der Waals surface area contributed by atoms with Gasteiger partial charge < -0.3 is 15.2 Å². The third kappa shape index (κ3) is 2.99. The molecule has 1 aromatic rings. The fraction of sp³-hybridized carbons (Fsp3) is 0.533. The molecule has 2 aliphatic heterocycles. The molecule has 2 N–H and O–H groups in total. The maximum Gasteiger partial charge on any atom is 0.251 e. The van der Waals surface area contributed by atoms with Gasteiger partial charge in [0.15, 0.2) is 0 Å². The fourth-order valence-corrected chi connectivity index (χ4v) is 4.60. The molecule has 0 saturated carbocycles. The lowest BCUT2D eigenvalue weighted by atomic mass is 10.0. The number of hydrogen-bond acceptors (Lipinski definition) is 5. The minimum Gasteiger partial charge on any atom is -0.394 e. The molecule has 0 unspecified atom stereocenters. The van der Waals surface area contributed by atoms with Crippen molar-refractivity contribution in [3.8, 4) is 0 Å². The first-order valence-corrected chi connectivity index (χ1v) is 9.03. The number of nitrogens with zero attached hydrogens (tertiary/aromatic N) is 1. The number of benzene rings is 1. The summed E-state index contributed by atoms with van der Waals surface area (Å²) in [6, 6.07) is 4.36. The lowest BCUT2D eigenvalue weighted by Gasteiger charge is -2.36. The molecule has 23 heavy (non-hydrogen) atoms. The topological polar surface area (TPSA) is 95.9 Å². The Kier molecular flexibility index (Phi) is 4.41. The number of amides is 1. The summed E-state index contributed by atoms with van der Waals surface area (Å²) in [6.07, 6.45) is 0.170. The standard InChI is InChI=1S/C15H20N2O5S/c1-10-9-22-12(8-18)7-17(10)23(20,21)13-3-2-11-4-5-16-15(19)14(11)6-13/h2-3,6,10,12,18H,4-5,7-9H2,1H3,(H,16,19)/t10-,12-/m0/s1. The van der Waals surface area contributed by atoms with Crippen LogP contribution in [0.1, 0.15) is 22.8 Å². The second-order valence-corrected chi connectivity index (χ2v) is 7.78. The number of ether oxygens (including phenoxy) is 1. The lowest BCUT2D eigenvalue weighted by Crippen LogP contribution is -2.51. The third-order valence-corrected chi connectivity index (χ3v) is 6.24. The van der Waals surface area contributed by atoms with Crippen LogP contribution in [0, 0.1) is 0 Å². The molecule has 0 aliphatic carbocycles. The van der Waals surface area contributed by atoms with Crippen molar-refractivity contribution in [3.05, 3.63) is 29.3 Å². The highest BCUT2D eigenvalue weighted by molar-refractivity contribution is 7.89. The number of sulfonamides is 1. The molecule has 7 nitrogen and oxygen atoms in total. The van der Waals surface area contributed by atoms with Gasteiger partial charge in [-0.15, -0.1) is 0 Å². The van der Waals surface area contributed by atoms with Crippen LogP contribution in [0.2, 0.25) is 0 Å². The molecule has 1 aromatic carbocycles. The van der Waals surface area contributed by atoms with Gasteiger partial charge in [0.2, 0.25) is 10.0 Å². The summed E-state index contributed by atoms with van der Waals surface area (Å²) in [5, 5.41) is 11.9. The molecule has 8 heteroatoms. The van der Waals surface area contributed by atoms with E-state index in [1.165, 1.54) is 10.4 Å². The molecular weight excluding hydrogens is 320 g/mol. The first kappa shape index (κ1) is 16.4. The monoisotopic (exact) mass is 340 g/mol. The normalized spacial score (nSPS) is 25.7. The van der Waals surface area contributed by atoms with Crippen molar-refractivity contribution in [1.29, 1.82) is 0 Å². The molecule has 0 radical (unpaired) electrons. The Bertz CT molecular complexity index is 719. The van der Waals surface area contributed by atoms with Crippen molar-refractivity contribution in [2.45, 2.75) is 30.4 Å². The van der Waals surface area contributed by atoms with Gasteiger partial charge in [0.05, 0.1) is 24.2 Å². The summed E-state index contributed by atoms with van der Waals surface area (Å²) < 4.78 is 32.5. The Hall–Kier alpha value is -1.48. The summed E-state index contributed by atoms with van der Waals surface area (Å²) in [7, 11) is -3.75. The van der Waals surface area contributed by atoms with Gasteiger partial charge in [-0.05, 0) is 31.0 Å². The third-order valence-electron chi connectivity index (χ3n) is 4.26. The lowest BCUT2D eigenvalue weighted by molar-refractivity contribution is -0.0516. The molecule has 2 heterocycles. The number of hydrogen-bond donors (Lipinski definition) is 2. The average Bonchev–Trinajstić information content (AvgIpc) is 2.55. The molecule has 1 fully saturated rings. The predicted octanol–water partition coefficient (Wildman–Crippen LogP) is -0.257. The SMILES string of the molecule is C[C@H]1CO[C@H](CO)CN1S(=O)(=O)c1ccc2c(c1)C(=O)NCC2. The van der Waals surface area contributed by atoms with Crippen molar-refractivity contribution in [2.75, 3.05) is 26.3 Å². The van der Waals surface area contributed by atoms with Gasteiger partial charge in [-0.1, -0.05) is 6.07 Å². The predicted molar refractivity (Wildman–Crippen MR) is 82.7 cm³/mol. The Balaban J connectivity index is 1.96. The molecule has 1 saturated heterocycles. The van der Waals surface area contributed by atoms with Gasteiger partial charge >= 0.3 is 0 Å². The van der Waals surface area contributed by atoms with Crippen LogP contribution in [-0.4, -0.2) is 62.2 Å². The smallest absolute Gasteiger partial charge is 0.251 e. The van der Waals surface area contributed by atoms with E-state index in [1.54, 1.807) is 19.1 Å². The molecular formula is C15H20N2O5S. The van der Waals surface area contributed by atoms with E-state index in [9.17, 15) is 18.3 Å². The second-order valence-electron chi connectivity index (χ2n) is 5.89. The van der Waals surface area contributed by atoms with E-state index in [-0.39, 0.29) is 36.6 Å². The number of fused-ring (bicyclic) bond motifs is 1. The van der Waals surface area contributed by atoms with Gasteiger partial charge in [-0.2, -0.15) is 4.31 Å².